The molecule has 0 aliphatic carbocycles. The number of aromatic amines is 1. The van der Waals surface area contributed by atoms with Crippen LogP contribution in [0, 0.1) is 25.2 Å². The van der Waals surface area contributed by atoms with E-state index in [-0.39, 0.29) is 16.6 Å². The number of nitrogens with zero attached hydrogens (tertiary/aromatic N) is 2. The molecule has 0 bridgehead atoms. The summed E-state index contributed by atoms with van der Waals surface area (Å²) in [4.78, 5) is 0.272. The molecular weight excluding hydrogens is 266 g/mol. The van der Waals surface area contributed by atoms with Crippen LogP contribution >= 0.6 is 0 Å². The van der Waals surface area contributed by atoms with Crippen LogP contribution in [0.2, 0.25) is 0 Å². The van der Waals surface area contributed by atoms with Gasteiger partial charge in [-0.1, -0.05) is 0 Å². The van der Waals surface area contributed by atoms with Crippen molar-refractivity contribution in [3.63, 3.8) is 0 Å². The third kappa shape index (κ3) is 2.50. The smallest absolute Gasteiger partial charge is 0.246 e. The summed E-state index contributed by atoms with van der Waals surface area (Å²) in [5.41, 5.74) is 6.52. The Labute approximate surface area is 112 Å². The average Bonchev–Trinajstić information content (AvgIpc) is 2.69. The van der Waals surface area contributed by atoms with Crippen molar-refractivity contribution in [2.24, 2.45) is 11.7 Å². The van der Waals surface area contributed by atoms with Gasteiger partial charge in [-0.3, -0.25) is 10.5 Å². The first kappa shape index (κ1) is 14.0. The second-order valence-electron chi connectivity index (χ2n) is 4.90. The average molecular weight is 285 g/mol. The minimum Gasteiger partial charge on any atom is -0.387 e. The Morgan fingerprint density at radius 3 is 2.42 bits per heavy atom. The first-order chi connectivity index (χ1) is 8.84. The molecule has 0 atom stereocenters. The summed E-state index contributed by atoms with van der Waals surface area (Å²) >= 11 is 0. The summed E-state index contributed by atoms with van der Waals surface area (Å²) in [7, 11) is -3.50. The van der Waals surface area contributed by atoms with Gasteiger partial charge in [-0.15, -0.1) is 0 Å². The Balaban J connectivity index is 2.21. The van der Waals surface area contributed by atoms with Crippen molar-refractivity contribution < 1.29 is 8.42 Å². The second kappa shape index (κ2) is 4.93. The molecular formula is C11H19N5O2S. The SMILES string of the molecule is Cc1n[nH]c(C)c1S(=O)(=O)N1CCC(C(=N)N)CC1. The maximum absolute atomic E-state index is 12.5. The molecule has 0 saturated carbocycles. The number of hydrogen-bond acceptors (Lipinski definition) is 4. The highest BCUT2D eigenvalue weighted by atomic mass is 32.2. The van der Waals surface area contributed by atoms with Gasteiger partial charge in [0, 0.05) is 19.0 Å². The molecule has 1 aromatic rings. The van der Waals surface area contributed by atoms with Gasteiger partial charge in [-0.2, -0.15) is 9.40 Å². The summed E-state index contributed by atoms with van der Waals surface area (Å²) in [5, 5.41) is 14.0. The minimum absolute atomic E-state index is 0.00186. The number of piperidine rings is 1. The number of aryl methyl sites for hydroxylation is 2. The largest absolute Gasteiger partial charge is 0.387 e. The van der Waals surface area contributed by atoms with Crippen molar-refractivity contribution in [2.45, 2.75) is 31.6 Å². The van der Waals surface area contributed by atoms with Crippen molar-refractivity contribution in [1.82, 2.24) is 14.5 Å². The first-order valence-electron chi connectivity index (χ1n) is 6.19. The lowest BCUT2D eigenvalue weighted by atomic mass is 9.97. The molecule has 2 rings (SSSR count). The second-order valence-corrected chi connectivity index (χ2v) is 6.77. The van der Waals surface area contributed by atoms with Crippen LogP contribution in [-0.2, 0) is 10.0 Å². The fourth-order valence-corrected chi connectivity index (χ4v) is 4.26. The van der Waals surface area contributed by atoms with Gasteiger partial charge in [0.1, 0.15) is 4.90 Å². The number of amidine groups is 1. The van der Waals surface area contributed by atoms with Gasteiger partial charge < -0.3 is 5.73 Å². The van der Waals surface area contributed by atoms with Crippen LogP contribution in [0.4, 0.5) is 0 Å². The normalized spacial score (nSPS) is 18.6. The molecule has 1 saturated heterocycles. The van der Waals surface area contributed by atoms with Crippen molar-refractivity contribution in [2.75, 3.05) is 13.1 Å². The Morgan fingerprint density at radius 1 is 1.42 bits per heavy atom. The van der Waals surface area contributed by atoms with E-state index >= 15 is 0 Å². The maximum Gasteiger partial charge on any atom is 0.246 e. The van der Waals surface area contributed by atoms with E-state index in [2.05, 4.69) is 10.2 Å². The van der Waals surface area contributed by atoms with Crippen molar-refractivity contribution >= 4 is 15.9 Å². The maximum atomic E-state index is 12.5. The molecule has 1 aliphatic heterocycles. The van der Waals surface area contributed by atoms with Crippen LogP contribution in [0.25, 0.3) is 0 Å². The Hall–Kier alpha value is -1.41. The molecule has 2 heterocycles. The summed E-state index contributed by atoms with van der Waals surface area (Å²) in [6.07, 6.45) is 1.20. The highest BCUT2D eigenvalue weighted by Crippen LogP contribution is 2.26. The van der Waals surface area contributed by atoms with Gasteiger partial charge in [0.25, 0.3) is 0 Å². The van der Waals surface area contributed by atoms with Crippen LogP contribution < -0.4 is 5.73 Å². The zero-order valence-electron chi connectivity index (χ0n) is 11.1. The first-order valence-corrected chi connectivity index (χ1v) is 7.63. The van der Waals surface area contributed by atoms with Crippen molar-refractivity contribution in [3.05, 3.63) is 11.4 Å². The van der Waals surface area contributed by atoms with E-state index in [4.69, 9.17) is 11.1 Å². The van der Waals surface area contributed by atoms with E-state index in [9.17, 15) is 8.42 Å². The van der Waals surface area contributed by atoms with Gasteiger partial charge in [0.15, 0.2) is 0 Å². The number of nitrogens with one attached hydrogen (secondary N) is 2. The number of nitrogens with two attached hydrogens (primary N) is 1. The highest BCUT2D eigenvalue weighted by Gasteiger charge is 2.33. The third-order valence-corrected chi connectivity index (χ3v) is 5.71. The zero-order valence-corrected chi connectivity index (χ0v) is 11.9. The summed E-state index contributed by atoms with van der Waals surface area (Å²) in [6, 6.07) is 0. The minimum atomic E-state index is -3.50. The number of H-pyrrole nitrogens is 1. The van der Waals surface area contributed by atoms with Crippen LogP contribution in [0.5, 0.6) is 0 Å². The molecule has 0 amide bonds. The van der Waals surface area contributed by atoms with Crippen LogP contribution in [0.1, 0.15) is 24.2 Å². The number of sulfonamides is 1. The Morgan fingerprint density at radius 2 is 2.00 bits per heavy atom. The highest BCUT2D eigenvalue weighted by molar-refractivity contribution is 7.89. The molecule has 4 N–H and O–H groups in total. The lowest BCUT2D eigenvalue weighted by Gasteiger charge is -2.30. The van der Waals surface area contributed by atoms with Crippen LogP contribution in [0.15, 0.2) is 4.90 Å². The van der Waals surface area contributed by atoms with Crippen LogP contribution in [0.3, 0.4) is 0 Å². The fraction of sp³-hybridized carbons (Fsp3) is 0.636. The molecule has 1 fully saturated rings. The zero-order chi connectivity index (χ0) is 14.2. The van der Waals surface area contributed by atoms with Crippen molar-refractivity contribution in [1.29, 1.82) is 5.41 Å². The summed E-state index contributed by atoms with van der Waals surface area (Å²) < 4.78 is 26.6. The molecule has 19 heavy (non-hydrogen) atoms. The predicted octanol–water partition coefficient (Wildman–Crippen LogP) is 0.363. The van der Waals surface area contributed by atoms with E-state index in [1.165, 1.54) is 4.31 Å². The Kier molecular flexibility index (Phi) is 3.64. The van der Waals surface area contributed by atoms with E-state index in [1.54, 1.807) is 13.8 Å². The molecule has 0 spiro atoms. The van der Waals surface area contributed by atoms with Gasteiger partial charge in [-0.25, -0.2) is 8.42 Å². The fourth-order valence-electron chi connectivity index (χ4n) is 2.46. The summed E-state index contributed by atoms with van der Waals surface area (Å²) in [6.45, 7) is 4.18. The molecule has 1 aromatic heterocycles. The molecule has 0 unspecified atom stereocenters. The lowest BCUT2D eigenvalue weighted by molar-refractivity contribution is 0.314. The number of aromatic nitrogens is 2. The van der Waals surface area contributed by atoms with Gasteiger partial charge >= 0.3 is 0 Å². The molecule has 8 heteroatoms. The predicted molar refractivity (Wildman–Crippen MR) is 71.5 cm³/mol. The van der Waals surface area contributed by atoms with E-state index < -0.39 is 10.0 Å². The number of rotatable bonds is 3. The number of hydrogen-bond donors (Lipinski definition) is 3. The lowest BCUT2D eigenvalue weighted by Crippen LogP contribution is -2.41. The molecule has 7 nitrogen and oxygen atoms in total. The molecule has 1 aliphatic rings. The summed E-state index contributed by atoms with van der Waals surface area (Å²) in [5.74, 6) is 0.144. The van der Waals surface area contributed by atoms with Gasteiger partial charge in [-0.05, 0) is 26.7 Å². The third-order valence-electron chi connectivity index (χ3n) is 3.55. The topological polar surface area (TPSA) is 116 Å². The van der Waals surface area contributed by atoms with E-state index in [0.29, 0.717) is 37.3 Å². The van der Waals surface area contributed by atoms with Gasteiger partial charge in [0.05, 0.1) is 17.2 Å². The Bertz CT molecular complexity index is 565. The van der Waals surface area contributed by atoms with E-state index in [0.717, 1.165) is 0 Å². The molecule has 106 valence electrons. The van der Waals surface area contributed by atoms with E-state index in [1.807, 2.05) is 0 Å². The molecule has 0 radical (unpaired) electrons. The standard InChI is InChI=1S/C11H19N5O2S/c1-7-10(8(2)15-14-7)19(17,18)16-5-3-9(4-6-16)11(12)13/h9H,3-6H2,1-2H3,(H3,12,13)(H,14,15). The monoisotopic (exact) mass is 285 g/mol. The van der Waals surface area contributed by atoms with Crippen LogP contribution in [-0.4, -0.2) is 41.8 Å². The quantitative estimate of drug-likeness (QED) is 0.549. The van der Waals surface area contributed by atoms with Gasteiger partial charge in [0.2, 0.25) is 10.0 Å². The molecule has 0 aromatic carbocycles. The van der Waals surface area contributed by atoms with Crippen molar-refractivity contribution in [3.8, 4) is 0 Å².